The average Bonchev–Trinajstić information content (AvgIpc) is 3.16. The van der Waals surface area contributed by atoms with Crippen molar-refractivity contribution in [3.63, 3.8) is 0 Å². The largest absolute Gasteiger partial charge is 0.493 e. The lowest BCUT2D eigenvalue weighted by molar-refractivity contribution is 0.324. The SMILES string of the molecule is COc1cc(-c2cc(C)cn3cc(-c4ccc(C)cc4)nc23)cc(OC)c1OC. The zero-order chi connectivity index (χ0) is 20.5. The highest BCUT2D eigenvalue weighted by atomic mass is 16.5. The molecule has 2 heterocycles. The predicted molar refractivity (Wildman–Crippen MR) is 115 cm³/mol. The monoisotopic (exact) mass is 388 g/mol. The van der Waals surface area contributed by atoms with Gasteiger partial charge in [0.2, 0.25) is 5.75 Å². The number of benzene rings is 2. The third kappa shape index (κ3) is 3.40. The number of rotatable bonds is 5. The molecule has 4 aromatic rings. The number of ether oxygens (including phenoxy) is 3. The van der Waals surface area contributed by atoms with Crippen LogP contribution in [0.5, 0.6) is 17.2 Å². The summed E-state index contributed by atoms with van der Waals surface area (Å²) in [4.78, 5) is 4.93. The van der Waals surface area contributed by atoms with Gasteiger partial charge in [-0.15, -0.1) is 0 Å². The molecule has 0 radical (unpaired) electrons. The molecule has 0 aliphatic carbocycles. The number of imidazole rings is 1. The van der Waals surface area contributed by atoms with Crippen LogP contribution in [0.15, 0.2) is 54.9 Å². The van der Waals surface area contributed by atoms with Gasteiger partial charge >= 0.3 is 0 Å². The van der Waals surface area contributed by atoms with Gasteiger partial charge < -0.3 is 18.6 Å². The first-order valence-electron chi connectivity index (χ1n) is 9.41. The first kappa shape index (κ1) is 18.9. The minimum absolute atomic E-state index is 0.575. The number of pyridine rings is 1. The maximum Gasteiger partial charge on any atom is 0.203 e. The Balaban J connectivity index is 1.93. The molecule has 5 heteroatoms. The zero-order valence-electron chi connectivity index (χ0n) is 17.3. The van der Waals surface area contributed by atoms with Gasteiger partial charge in [0.25, 0.3) is 0 Å². The van der Waals surface area contributed by atoms with Crippen molar-refractivity contribution in [2.45, 2.75) is 13.8 Å². The van der Waals surface area contributed by atoms with E-state index in [2.05, 4.69) is 61.0 Å². The van der Waals surface area contributed by atoms with Gasteiger partial charge in [-0.05, 0) is 43.2 Å². The summed E-state index contributed by atoms with van der Waals surface area (Å²) < 4.78 is 18.6. The molecule has 0 atom stereocenters. The Morgan fingerprint density at radius 3 is 1.97 bits per heavy atom. The van der Waals surface area contributed by atoms with Gasteiger partial charge in [0, 0.05) is 23.5 Å². The van der Waals surface area contributed by atoms with Crippen LogP contribution < -0.4 is 14.2 Å². The van der Waals surface area contributed by atoms with Crippen molar-refractivity contribution in [3.8, 4) is 39.6 Å². The predicted octanol–water partition coefficient (Wildman–Crippen LogP) is 5.31. The lowest BCUT2D eigenvalue weighted by Gasteiger charge is -2.15. The molecule has 4 rings (SSSR count). The number of aromatic nitrogens is 2. The molecular weight excluding hydrogens is 364 g/mol. The molecule has 29 heavy (non-hydrogen) atoms. The molecule has 0 N–H and O–H groups in total. The van der Waals surface area contributed by atoms with Gasteiger partial charge in [0.1, 0.15) is 5.65 Å². The van der Waals surface area contributed by atoms with Gasteiger partial charge in [-0.25, -0.2) is 4.98 Å². The summed E-state index contributed by atoms with van der Waals surface area (Å²) in [7, 11) is 4.85. The van der Waals surface area contributed by atoms with E-state index in [0.717, 1.165) is 33.6 Å². The van der Waals surface area contributed by atoms with E-state index in [1.165, 1.54) is 5.56 Å². The second kappa shape index (κ2) is 7.51. The first-order chi connectivity index (χ1) is 14.0. The maximum atomic E-state index is 5.54. The van der Waals surface area contributed by atoms with Gasteiger partial charge in [-0.1, -0.05) is 29.8 Å². The van der Waals surface area contributed by atoms with Gasteiger partial charge in [0.05, 0.1) is 27.0 Å². The standard InChI is InChI=1S/C24H24N2O3/c1-15-6-8-17(9-7-15)20-14-26-13-16(2)10-19(24(26)25-20)18-11-21(27-3)23(29-5)22(12-18)28-4/h6-14H,1-5H3. The summed E-state index contributed by atoms with van der Waals surface area (Å²) in [5.74, 6) is 1.81. The van der Waals surface area contributed by atoms with Crippen LogP contribution in [0.3, 0.4) is 0 Å². The second-order valence-electron chi connectivity index (χ2n) is 7.07. The fraction of sp³-hybridized carbons (Fsp3) is 0.208. The molecule has 0 fully saturated rings. The fourth-order valence-electron chi connectivity index (χ4n) is 3.55. The molecule has 0 amide bonds. The van der Waals surface area contributed by atoms with Gasteiger partial charge in [-0.2, -0.15) is 0 Å². The number of aryl methyl sites for hydroxylation is 2. The molecule has 0 saturated heterocycles. The number of methoxy groups -OCH3 is 3. The Morgan fingerprint density at radius 1 is 0.724 bits per heavy atom. The third-order valence-corrected chi connectivity index (χ3v) is 5.01. The zero-order valence-corrected chi connectivity index (χ0v) is 17.3. The molecule has 0 unspecified atom stereocenters. The highest BCUT2D eigenvalue weighted by molar-refractivity contribution is 5.82. The molecule has 0 saturated carbocycles. The second-order valence-corrected chi connectivity index (χ2v) is 7.07. The van der Waals surface area contributed by atoms with Crippen molar-refractivity contribution in [2.75, 3.05) is 21.3 Å². The van der Waals surface area contributed by atoms with Crippen LogP contribution in [0, 0.1) is 13.8 Å². The van der Waals surface area contributed by atoms with Crippen LogP contribution in [0.4, 0.5) is 0 Å². The van der Waals surface area contributed by atoms with E-state index in [0.29, 0.717) is 17.2 Å². The highest BCUT2D eigenvalue weighted by Crippen LogP contribution is 2.42. The van der Waals surface area contributed by atoms with E-state index in [4.69, 9.17) is 19.2 Å². The van der Waals surface area contributed by atoms with Gasteiger partial charge in [0.15, 0.2) is 11.5 Å². The molecule has 2 aromatic carbocycles. The highest BCUT2D eigenvalue weighted by Gasteiger charge is 2.17. The van der Waals surface area contributed by atoms with Crippen LogP contribution in [0.1, 0.15) is 11.1 Å². The smallest absolute Gasteiger partial charge is 0.203 e. The molecule has 0 spiro atoms. The Kier molecular flexibility index (Phi) is 4.89. The molecule has 148 valence electrons. The minimum atomic E-state index is 0.575. The number of hydrogen-bond donors (Lipinski definition) is 0. The van der Waals surface area contributed by atoms with E-state index in [-0.39, 0.29) is 0 Å². The summed E-state index contributed by atoms with van der Waals surface area (Å²) in [5, 5.41) is 0. The van der Waals surface area contributed by atoms with Crippen LogP contribution >= 0.6 is 0 Å². The van der Waals surface area contributed by atoms with Crippen molar-refractivity contribution < 1.29 is 14.2 Å². The first-order valence-corrected chi connectivity index (χ1v) is 9.41. The summed E-state index contributed by atoms with van der Waals surface area (Å²) in [6.45, 7) is 4.16. The summed E-state index contributed by atoms with van der Waals surface area (Å²) >= 11 is 0. The van der Waals surface area contributed by atoms with E-state index in [1.54, 1.807) is 21.3 Å². The van der Waals surface area contributed by atoms with Crippen molar-refractivity contribution in [1.82, 2.24) is 9.38 Å². The van der Waals surface area contributed by atoms with Crippen molar-refractivity contribution in [3.05, 3.63) is 66.0 Å². The molecule has 0 bridgehead atoms. The normalized spacial score (nSPS) is 10.9. The summed E-state index contributed by atoms with van der Waals surface area (Å²) in [6.07, 6.45) is 4.15. The molecule has 2 aromatic heterocycles. The Bertz CT molecular complexity index is 1150. The quantitative estimate of drug-likeness (QED) is 0.465. The van der Waals surface area contributed by atoms with Crippen LogP contribution in [-0.4, -0.2) is 30.7 Å². The average molecular weight is 388 g/mol. The summed E-state index contributed by atoms with van der Waals surface area (Å²) in [5.41, 5.74) is 7.22. The summed E-state index contributed by atoms with van der Waals surface area (Å²) in [6, 6.07) is 14.4. The van der Waals surface area contributed by atoms with Gasteiger partial charge in [-0.3, -0.25) is 0 Å². The van der Waals surface area contributed by atoms with Crippen molar-refractivity contribution >= 4 is 5.65 Å². The Morgan fingerprint density at radius 2 is 1.38 bits per heavy atom. The lowest BCUT2D eigenvalue weighted by atomic mass is 10.0. The van der Waals surface area contributed by atoms with Crippen molar-refractivity contribution in [2.24, 2.45) is 0 Å². The molecule has 0 aliphatic rings. The Labute approximate surface area is 170 Å². The van der Waals surface area contributed by atoms with Crippen LogP contribution in [-0.2, 0) is 0 Å². The van der Waals surface area contributed by atoms with E-state index >= 15 is 0 Å². The topological polar surface area (TPSA) is 45.0 Å². The van der Waals surface area contributed by atoms with Crippen LogP contribution in [0.2, 0.25) is 0 Å². The number of hydrogen-bond acceptors (Lipinski definition) is 4. The number of fused-ring (bicyclic) bond motifs is 1. The van der Waals surface area contributed by atoms with Crippen molar-refractivity contribution in [1.29, 1.82) is 0 Å². The third-order valence-electron chi connectivity index (χ3n) is 5.01. The maximum absolute atomic E-state index is 5.54. The molecular formula is C24H24N2O3. The Hall–Kier alpha value is -3.47. The van der Waals surface area contributed by atoms with E-state index in [9.17, 15) is 0 Å². The fourth-order valence-corrected chi connectivity index (χ4v) is 3.55. The molecule has 0 aliphatic heterocycles. The van der Waals surface area contributed by atoms with Crippen LogP contribution in [0.25, 0.3) is 28.0 Å². The lowest BCUT2D eigenvalue weighted by Crippen LogP contribution is -1.97. The minimum Gasteiger partial charge on any atom is -0.493 e. The van der Waals surface area contributed by atoms with E-state index < -0.39 is 0 Å². The molecule has 5 nitrogen and oxygen atoms in total. The van der Waals surface area contributed by atoms with E-state index in [1.807, 2.05) is 12.1 Å². The number of nitrogens with zero attached hydrogens (tertiary/aromatic N) is 2.